The van der Waals surface area contributed by atoms with E-state index < -0.39 is 0 Å². The van der Waals surface area contributed by atoms with Gasteiger partial charge in [-0.15, -0.1) is 0 Å². The van der Waals surface area contributed by atoms with Gasteiger partial charge in [0.1, 0.15) is 0 Å². The van der Waals surface area contributed by atoms with Crippen molar-refractivity contribution in [2.24, 2.45) is 5.73 Å². The van der Waals surface area contributed by atoms with Crippen LogP contribution < -0.4 is 10.6 Å². The number of nitrogens with two attached hydrogens (primary N) is 1. The zero-order valence-electron chi connectivity index (χ0n) is 12.6. The smallest absolute Gasteiger partial charge is 0.0459 e. The molecule has 19 heavy (non-hydrogen) atoms. The molecule has 0 aliphatic heterocycles. The van der Waals surface area contributed by atoms with E-state index in [0.717, 1.165) is 36.3 Å². The van der Waals surface area contributed by atoms with Gasteiger partial charge in [-0.3, -0.25) is 0 Å². The molecule has 2 nitrogen and oxygen atoms in total. The van der Waals surface area contributed by atoms with Gasteiger partial charge in [-0.2, -0.15) is 0 Å². The Kier molecular flexibility index (Phi) is 6.67. The Hall–Kier alpha value is -0.730. The molecular weight excluding hydrogens is 256 g/mol. The van der Waals surface area contributed by atoms with Crippen molar-refractivity contribution in [2.45, 2.75) is 58.5 Å². The summed E-state index contributed by atoms with van der Waals surface area (Å²) in [5, 5.41) is 0.833. The van der Waals surface area contributed by atoms with Gasteiger partial charge < -0.3 is 10.6 Å². The third-order valence-corrected chi connectivity index (χ3v) is 4.29. The summed E-state index contributed by atoms with van der Waals surface area (Å²) in [5.74, 6) is 0. The lowest BCUT2D eigenvalue weighted by molar-refractivity contribution is 0.591. The number of hydrogen-bond donors (Lipinski definition) is 1. The van der Waals surface area contributed by atoms with Gasteiger partial charge in [-0.25, -0.2) is 0 Å². The second kappa shape index (κ2) is 7.76. The molecule has 0 aliphatic carbocycles. The molecule has 0 spiro atoms. The van der Waals surface area contributed by atoms with Gasteiger partial charge in [-0.1, -0.05) is 38.4 Å². The van der Waals surface area contributed by atoms with E-state index in [-0.39, 0.29) is 6.04 Å². The lowest BCUT2D eigenvalue weighted by Gasteiger charge is -2.29. The van der Waals surface area contributed by atoms with Crippen molar-refractivity contribution in [3.8, 4) is 0 Å². The highest BCUT2D eigenvalue weighted by Crippen LogP contribution is 2.26. The molecule has 0 aromatic heterocycles. The Bertz CT molecular complexity index is 388. The highest BCUT2D eigenvalue weighted by Gasteiger charge is 2.13. The van der Waals surface area contributed by atoms with Crippen LogP contribution in [0.5, 0.6) is 0 Å². The maximum Gasteiger partial charge on any atom is 0.0459 e. The molecule has 0 heterocycles. The fourth-order valence-electron chi connectivity index (χ4n) is 2.40. The Morgan fingerprint density at radius 2 is 1.79 bits per heavy atom. The summed E-state index contributed by atoms with van der Waals surface area (Å²) in [4.78, 5) is 2.31. The SMILES string of the molecule is CCC(N)Cc1ccc(N(C)C(CC)CC)cc1Cl. The predicted octanol–water partition coefficient (Wildman–Crippen LogP) is 4.24. The number of halogens is 1. The molecule has 3 heteroatoms. The quantitative estimate of drug-likeness (QED) is 0.810. The van der Waals surface area contributed by atoms with Crippen molar-refractivity contribution in [3.05, 3.63) is 28.8 Å². The van der Waals surface area contributed by atoms with Gasteiger partial charge in [0.05, 0.1) is 0 Å². The zero-order valence-corrected chi connectivity index (χ0v) is 13.4. The van der Waals surface area contributed by atoms with Gasteiger partial charge in [-0.05, 0) is 43.4 Å². The summed E-state index contributed by atoms with van der Waals surface area (Å²) in [6.45, 7) is 6.55. The van der Waals surface area contributed by atoms with Gasteiger partial charge in [0.25, 0.3) is 0 Å². The Morgan fingerprint density at radius 3 is 2.26 bits per heavy atom. The van der Waals surface area contributed by atoms with Crippen LogP contribution in [-0.2, 0) is 6.42 Å². The summed E-state index contributed by atoms with van der Waals surface area (Å²) in [6.07, 6.45) is 4.12. The van der Waals surface area contributed by atoms with E-state index in [2.05, 4.69) is 50.9 Å². The Labute approximate surface area is 122 Å². The largest absolute Gasteiger partial charge is 0.372 e. The summed E-state index contributed by atoms with van der Waals surface area (Å²) in [7, 11) is 2.14. The second-order valence-electron chi connectivity index (χ2n) is 5.23. The fourth-order valence-corrected chi connectivity index (χ4v) is 2.65. The molecule has 2 N–H and O–H groups in total. The summed E-state index contributed by atoms with van der Waals surface area (Å²) >= 11 is 6.38. The monoisotopic (exact) mass is 282 g/mol. The van der Waals surface area contributed by atoms with Gasteiger partial charge in [0.2, 0.25) is 0 Å². The van der Waals surface area contributed by atoms with Crippen LogP contribution in [-0.4, -0.2) is 19.1 Å². The Morgan fingerprint density at radius 1 is 1.16 bits per heavy atom. The van der Waals surface area contributed by atoms with Crippen LogP contribution in [0, 0.1) is 0 Å². The molecule has 0 saturated carbocycles. The third-order valence-electron chi connectivity index (χ3n) is 3.94. The zero-order chi connectivity index (χ0) is 14.4. The van der Waals surface area contributed by atoms with E-state index in [1.807, 2.05) is 0 Å². The first-order valence-corrected chi connectivity index (χ1v) is 7.68. The van der Waals surface area contributed by atoms with Gasteiger partial charge in [0.15, 0.2) is 0 Å². The van der Waals surface area contributed by atoms with Crippen molar-refractivity contribution in [3.63, 3.8) is 0 Å². The number of benzene rings is 1. The molecule has 0 saturated heterocycles. The first-order valence-electron chi connectivity index (χ1n) is 7.30. The minimum Gasteiger partial charge on any atom is -0.372 e. The molecule has 0 bridgehead atoms. The van der Waals surface area contributed by atoms with Crippen LogP contribution in [0.15, 0.2) is 18.2 Å². The average Bonchev–Trinajstić information content (AvgIpc) is 2.42. The van der Waals surface area contributed by atoms with Crippen molar-refractivity contribution in [1.29, 1.82) is 0 Å². The van der Waals surface area contributed by atoms with Crippen LogP contribution in [0.1, 0.15) is 45.6 Å². The Balaban J connectivity index is 2.86. The van der Waals surface area contributed by atoms with Crippen molar-refractivity contribution < 1.29 is 0 Å². The average molecular weight is 283 g/mol. The van der Waals surface area contributed by atoms with E-state index in [0.29, 0.717) is 6.04 Å². The minimum absolute atomic E-state index is 0.195. The van der Waals surface area contributed by atoms with Crippen molar-refractivity contribution >= 4 is 17.3 Å². The van der Waals surface area contributed by atoms with Crippen molar-refractivity contribution in [2.75, 3.05) is 11.9 Å². The van der Waals surface area contributed by atoms with Crippen LogP contribution in [0.25, 0.3) is 0 Å². The highest BCUT2D eigenvalue weighted by molar-refractivity contribution is 6.31. The second-order valence-corrected chi connectivity index (χ2v) is 5.64. The summed E-state index contributed by atoms with van der Waals surface area (Å²) in [5.41, 5.74) is 8.33. The standard InChI is InChI=1S/C16H27ClN2/c1-5-13(18)10-12-8-9-15(11-16(12)17)19(4)14(6-2)7-3/h8-9,11,13-14H,5-7,10,18H2,1-4H3. The maximum atomic E-state index is 6.38. The fraction of sp³-hybridized carbons (Fsp3) is 0.625. The third kappa shape index (κ3) is 4.39. The molecule has 1 aromatic carbocycles. The number of hydrogen-bond acceptors (Lipinski definition) is 2. The van der Waals surface area contributed by atoms with E-state index >= 15 is 0 Å². The van der Waals surface area contributed by atoms with E-state index in [9.17, 15) is 0 Å². The first kappa shape index (κ1) is 16.3. The lowest BCUT2D eigenvalue weighted by Crippen LogP contribution is -2.30. The summed E-state index contributed by atoms with van der Waals surface area (Å²) in [6, 6.07) is 7.10. The molecule has 0 fully saturated rings. The number of anilines is 1. The van der Waals surface area contributed by atoms with Crippen LogP contribution in [0.2, 0.25) is 5.02 Å². The molecule has 1 atom stereocenters. The van der Waals surface area contributed by atoms with E-state index in [1.165, 1.54) is 5.69 Å². The molecule has 108 valence electrons. The highest BCUT2D eigenvalue weighted by atomic mass is 35.5. The molecule has 0 amide bonds. The number of rotatable bonds is 7. The van der Waals surface area contributed by atoms with Crippen molar-refractivity contribution in [1.82, 2.24) is 0 Å². The lowest BCUT2D eigenvalue weighted by atomic mass is 10.0. The van der Waals surface area contributed by atoms with Gasteiger partial charge in [0, 0.05) is 29.8 Å². The molecule has 1 unspecified atom stereocenters. The number of nitrogens with zero attached hydrogens (tertiary/aromatic N) is 1. The van der Waals surface area contributed by atoms with E-state index in [1.54, 1.807) is 0 Å². The molecule has 0 aliphatic rings. The van der Waals surface area contributed by atoms with E-state index in [4.69, 9.17) is 17.3 Å². The van der Waals surface area contributed by atoms with Crippen LogP contribution >= 0.6 is 11.6 Å². The molecule has 0 radical (unpaired) electrons. The molecular formula is C16H27ClN2. The minimum atomic E-state index is 0.195. The van der Waals surface area contributed by atoms with Crippen LogP contribution in [0.3, 0.4) is 0 Å². The maximum absolute atomic E-state index is 6.38. The van der Waals surface area contributed by atoms with Gasteiger partial charge >= 0.3 is 0 Å². The van der Waals surface area contributed by atoms with Crippen LogP contribution in [0.4, 0.5) is 5.69 Å². The predicted molar refractivity (Wildman–Crippen MR) is 86.2 cm³/mol. The topological polar surface area (TPSA) is 29.3 Å². The molecule has 1 rings (SSSR count). The molecule has 1 aromatic rings. The normalized spacial score (nSPS) is 12.8. The first-order chi connectivity index (χ1) is 9.03. The summed E-state index contributed by atoms with van der Waals surface area (Å²) < 4.78 is 0.